The van der Waals surface area contributed by atoms with E-state index < -0.39 is 16.1 Å². The number of ether oxygens (including phenoxy) is 2. The zero-order valence-corrected chi connectivity index (χ0v) is 14.4. The molecular formula is C18H20N2O4S. The number of hydrogen-bond acceptors (Lipinski definition) is 5. The molecule has 1 aromatic heterocycles. The number of sulfonamides is 1. The third kappa shape index (κ3) is 5.38. The predicted molar refractivity (Wildman–Crippen MR) is 95.4 cm³/mol. The fraction of sp³-hybridized carbons (Fsp3) is 0.278. The minimum absolute atomic E-state index is 0.260. The normalized spacial score (nSPS) is 21.3. The van der Waals surface area contributed by atoms with Gasteiger partial charge in [-0.3, -0.25) is 0 Å². The van der Waals surface area contributed by atoms with Crippen molar-refractivity contribution in [2.45, 2.75) is 18.6 Å². The summed E-state index contributed by atoms with van der Waals surface area (Å²) >= 11 is 0. The van der Waals surface area contributed by atoms with Crippen LogP contribution in [0.2, 0.25) is 0 Å². The van der Waals surface area contributed by atoms with E-state index in [0.717, 1.165) is 11.0 Å². The Morgan fingerprint density at radius 1 is 1.16 bits per heavy atom. The molecule has 0 spiro atoms. The van der Waals surface area contributed by atoms with E-state index in [-0.39, 0.29) is 12.7 Å². The van der Waals surface area contributed by atoms with Crippen LogP contribution in [-0.4, -0.2) is 38.8 Å². The van der Waals surface area contributed by atoms with Crippen LogP contribution in [0, 0.1) is 0 Å². The average Bonchev–Trinajstić information content (AvgIpc) is 2.63. The Hall–Kier alpha value is -2.22. The van der Waals surface area contributed by atoms with Gasteiger partial charge in [-0.15, -0.1) is 0 Å². The maximum atomic E-state index is 12.3. The summed E-state index contributed by atoms with van der Waals surface area (Å²) in [7, 11) is -3.62. The number of aromatic nitrogens is 1. The molecule has 2 aromatic rings. The largest absolute Gasteiger partial charge is 0.472 e. The van der Waals surface area contributed by atoms with Gasteiger partial charge in [0.2, 0.25) is 15.9 Å². The highest BCUT2D eigenvalue weighted by molar-refractivity contribution is 7.92. The molecule has 1 aromatic carbocycles. The van der Waals surface area contributed by atoms with Crippen molar-refractivity contribution in [3.8, 4) is 5.88 Å². The number of pyridine rings is 1. The number of benzene rings is 1. The SMILES string of the molecule is O=S(=O)(/C=C/c1ccccc1)N[C@@H]1COCC[C@H]1Oc1ccccn1. The molecule has 1 fully saturated rings. The lowest BCUT2D eigenvalue weighted by Crippen LogP contribution is -2.51. The summed E-state index contributed by atoms with van der Waals surface area (Å²) in [4.78, 5) is 4.13. The maximum Gasteiger partial charge on any atom is 0.234 e. The molecular weight excluding hydrogens is 340 g/mol. The topological polar surface area (TPSA) is 77.5 Å². The van der Waals surface area contributed by atoms with Crippen LogP contribution in [0.15, 0.2) is 60.1 Å². The van der Waals surface area contributed by atoms with Gasteiger partial charge in [0, 0.05) is 24.1 Å². The van der Waals surface area contributed by atoms with Crippen molar-refractivity contribution in [2.24, 2.45) is 0 Å². The maximum absolute atomic E-state index is 12.3. The Morgan fingerprint density at radius 3 is 2.72 bits per heavy atom. The van der Waals surface area contributed by atoms with Gasteiger partial charge in [-0.25, -0.2) is 18.1 Å². The van der Waals surface area contributed by atoms with Gasteiger partial charge in [0.05, 0.1) is 19.3 Å². The Bertz CT molecular complexity index is 794. The minimum Gasteiger partial charge on any atom is -0.472 e. The van der Waals surface area contributed by atoms with Crippen molar-refractivity contribution in [3.05, 3.63) is 65.7 Å². The third-order valence-electron chi connectivity index (χ3n) is 3.76. The zero-order chi connectivity index (χ0) is 17.5. The third-order valence-corrected chi connectivity index (χ3v) is 4.88. The van der Waals surface area contributed by atoms with Crippen LogP contribution >= 0.6 is 0 Å². The molecule has 2 heterocycles. The van der Waals surface area contributed by atoms with E-state index >= 15 is 0 Å². The Kier molecular flexibility index (Phi) is 5.80. The second-order valence-corrected chi connectivity index (χ2v) is 7.27. The number of hydrogen-bond donors (Lipinski definition) is 1. The highest BCUT2D eigenvalue weighted by Gasteiger charge is 2.30. The molecule has 1 saturated heterocycles. The lowest BCUT2D eigenvalue weighted by molar-refractivity contribution is 0.00160. The first-order chi connectivity index (χ1) is 12.1. The standard InChI is InChI=1S/C18H20N2O4S/c21-25(22,13-10-15-6-2-1-3-7-15)20-16-14-23-12-9-17(16)24-18-8-4-5-11-19-18/h1-8,10-11,13,16-17,20H,9,12,14H2/b13-10+/t16-,17-/m1/s1. The van der Waals surface area contributed by atoms with Crippen molar-refractivity contribution in [1.82, 2.24) is 9.71 Å². The molecule has 0 saturated carbocycles. The average molecular weight is 360 g/mol. The molecule has 1 N–H and O–H groups in total. The Morgan fingerprint density at radius 2 is 1.96 bits per heavy atom. The van der Waals surface area contributed by atoms with Gasteiger partial charge in [-0.1, -0.05) is 36.4 Å². The van der Waals surface area contributed by atoms with Crippen molar-refractivity contribution < 1.29 is 17.9 Å². The Labute approximate surface area is 147 Å². The van der Waals surface area contributed by atoms with E-state index in [1.807, 2.05) is 36.4 Å². The molecule has 3 rings (SSSR count). The molecule has 0 aliphatic carbocycles. The molecule has 0 bridgehead atoms. The van der Waals surface area contributed by atoms with Crippen molar-refractivity contribution in [3.63, 3.8) is 0 Å². The molecule has 132 valence electrons. The fourth-order valence-electron chi connectivity index (χ4n) is 2.52. The van der Waals surface area contributed by atoms with Gasteiger partial charge in [-0.2, -0.15) is 0 Å². The first kappa shape index (κ1) is 17.6. The molecule has 25 heavy (non-hydrogen) atoms. The summed E-state index contributed by atoms with van der Waals surface area (Å²) in [5.74, 6) is 0.471. The lowest BCUT2D eigenvalue weighted by atomic mass is 10.1. The first-order valence-corrected chi connectivity index (χ1v) is 9.58. The van der Waals surface area contributed by atoms with Gasteiger partial charge in [0.15, 0.2) is 0 Å². The monoisotopic (exact) mass is 360 g/mol. The van der Waals surface area contributed by atoms with Crippen molar-refractivity contribution >= 4 is 16.1 Å². The van der Waals surface area contributed by atoms with Crippen LogP contribution in [0.1, 0.15) is 12.0 Å². The molecule has 6 nitrogen and oxygen atoms in total. The molecule has 1 aliphatic heterocycles. The highest BCUT2D eigenvalue weighted by Crippen LogP contribution is 2.17. The van der Waals surface area contributed by atoms with Gasteiger partial charge in [-0.05, 0) is 17.7 Å². The van der Waals surface area contributed by atoms with Gasteiger partial charge >= 0.3 is 0 Å². The summed E-state index contributed by atoms with van der Waals surface area (Å²) in [6, 6.07) is 14.2. The van der Waals surface area contributed by atoms with Gasteiger partial charge < -0.3 is 9.47 Å². The van der Waals surface area contributed by atoms with Gasteiger partial charge in [0.1, 0.15) is 6.10 Å². The van der Waals surface area contributed by atoms with Crippen LogP contribution < -0.4 is 9.46 Å². The van der Waals surface area contributed by atoms with E-state index in [4.69, 9.17) is 9.47 Å². The second-order valence-electron chi connectivity index (χ2n) is 5.67. The first-order valence-electron chi connectivity index (χ1n) is 8.03. The highest BCUT2D eigenvalue weighted by atomic mass is 32.2. The summed E-state index contributed by atoms with van der Waals surface area (Å²) in [6.45, 7) is 0.783. The van der Waals surface area contributed by atoms with Crippen LogP contribution in [0.25, 0.3) is 6.08 Å². The fourth-order valence-corrected chi connectivity index (χ4v) is 3.58. The summed E-state index contributed by atoms with van der Waals surface area (Å²) in [6.07, 6.45) is 3.45. The quantitative estimate of drug-likeness (QED) is 0.855. The summed E-state index contributed by atoms with van der Waals surface area (Å²) in [5, 5.41) is 1.16. The second kappa shape index (κ2) is 8.24. The number of nitrogens with one attached hydrogen (secondary N) is 1. The van der Waals surface area contributed by atoms with E-state index in [1.165, 1.54) is 0 Å². The predicted octanol–water partition coefficient (Wildman–Crippen LogP) is 2.21. The van der Waals surface area contributed by atoms with Crippen LogP contribution in [0.5, 0.6) is 5.88 Å². The van der Waals surface area contributed by atoms with E-state index in [9.17, 15) is 8.42 Å². The zero-order valence-electron chi connectivity index (χ0n) is 13.6. The van der Waals surface area contributed by atoms with E-state index in [2.05, 4.69) is 9.71 Å². The lowest BCUT2D eigenvalue weighted by Gasteiger charge is -2.31. The van der Waals surface area contributed by atoms with E-state index in [1.54, 1.807) is 24.4 Å². The minimum atomic E-state index is -3.62. The molecule has 2 atom stereocenters. The number of rotatable bonds is 6. The summed E-state index contributed by atoms with van der Waals surface area (Å²) in [5.41, 5.74) is 0.814. The smallest absolute Gasteiger partial charge is 0.234 e. The molecule has 0 amide bonds. The van der Waals surface area contributed by atoms with Crippen LogP contribution in [0.3, 0.4) is 0 Å². The van der Waals surface area contributed by atoms with Crippen molar-refractivity contribution in [2.75, 3.05) is 13.2 Å². The molecule has 0 radical (unpaired) electrons. The van der Waals surface area contributed by atoms with E-state index in [0.29, 0.717) is 18.9 Å². The van der Waals surface area contributed by atoms with Crippen LogP contribution in [0.4, 0.5) is 0 Å². The van der Waals surface area contributed by atoms with Gasteiger partial charge in [0.25, 0.3) is 0 Å². The molecule has 1 aliphatic rings. The summed E-state index contributed by atoms with van der Waals surface area (Å²) < 4.78 is 38.6. The Balaban J connectivity index is 1.67. The van der Waals surface area contributed by atoms with Crippen LogP contribution in [-0.2, 0) is 14.8 Å². The van der Waals surface area contributed by atoms with Crippen molar-refractivity contribution in [1.29, 1.82) is 0 Å². The number of nitrogens with zero attached hydrogens (tertiary/aromatic N) is 1. The molecule has 7 heteroatoms. The molecule has 0 unspecified atom stereocenters.